The third-order valence-electron chi connectivity index (χ3n) is 2.77. The Morgan fingerprint density at radius 1 is 1.33 bits per heavy atom. The van der Waals surface area contributed by atoms with Gasteiger partial charge in [-0.3, -0.25) is 5.43 Å². The van der Waals surface area contributed by atoms with E-state index in [1.165, 1.54) is 0 Å². The molecule has 0 aliphatic carbocycles. The van der Waals surface area contributed by atoms with Crippen molar-refractivity contribution in [1.82, 2.24) is 10.4 Å². The highest BCUT2D eigenvalue weighted by atomic mass is 16.5. The van der Waals surface area contributed by atoms with E-state index in [2.05, 4.69) is 10.4 Å². The molecule has 1 aromatic carbocycles. The van der Waals surface area contributed by atoms with Gasteiger partial charge in [-0.1, -0.05) is 18.2 Å². The molecule has 0 bridgehead atoms. The minimum atomic E-state index is 0.0779. The highest BCUT2D eigenvalue weighted by molar-refractivity contribution is 5.33. The Labute approximate surface area is 107 Å². The van der Waals surface area contributed by atoms with E-state index < -0.39 is 0 Å². The maximum Gasteiger partial charge on any atom is 0.174 e. The third kappa shape index (κ3) is 3.70. The molecule has 1 fully saturated rings. The van der Waals surface area contributed by atoms with Gasteiger partial charge in [0.25, 0.3) is 0 Å². The molecule has 0 unspecified atom stereocenters. The van der Waals surface area contributed by atoms with E-state index in [1.807, 2.05) is 30.3 Å². The van der Waals surface area contributed by atoms with Gasteiger partial charge >= 0.3 is 0 Å². The molecule has 1 N–H and O–H groups in total. The van der Waals surface area contributed by atoms with Gasteiger partial charge in [-0.15, -0.1) is 0 Å². The van der Waals surface area contributed by atoms with Gasteiger partial charge < -0.3 is 9.47 Å². The van der Waals surface area contributed by atoms with Gasteiger partial charge in [0.05, 0.1) is 13.2 Å². The van der Waals surface area contributed by atoms with E-state index in [0.29, 0.717) is 6.54 Å². The number of morpholine rings is 1. The van der Waals surface area contributed by atoms with E-state index in [-0.39, 0.29) is 6.61 Å². The molecule has 0 spiro atoms. The first-order valence-electron chi connectivity index (χ1n) is 6.04. The Morgan fingerprint density at radius 3 is 2.89 bits per heavy atom. The number of hydrogen-bond donors (Lipinski definition) is 1. The number of hydrogen-bond acceptors (Lipinski definition) is 5. The van der Waals surface area contributed by atoms with Crippen LogP contribution < -0.4 is 10.2 Å². The van der Waals surface area contributed by atoms with Crippen LogP contribution in [0, 0.1) is 11.3 Å². The van der Waals surface area contributed by atoms with Gasteiger partial charge in [-0.25, -0.2) is 5.01 Å². The van der Waals surface area contributed by atoms with Gasteiger partial charge in [-0.2, -0.15) is 5.26 Å². The molecule has 1 saturated heterocycles. The Morgan fingerprint density at radius 2 is 2.11 bits per heavy atom. The van der Waals surface area contributed by atoms with Crippen LogP contribution in [0.5, 0.6) is 5.75 Å². The number of rotatable bonds is 5. The fourth-order valence-corrected chi connectivity index (χ4v) is 1.82. The Kier molecular flexibility index (Phi) is 4.97. The summed E-state index contributed by atoms with van der Waals surface area (Å²) < 4.78 is 10.7. The summed E-state index contributed by atoms with van der Waals surface area (Å²) in [6.07, 6.45) is 0. The summed E-state index contributed by atoms with van der Waals surface area (Å²) in [5, 5.41) is 10.7. The highest BCUT2D eigenvalue weighted by Crippen LogP contribution is 2.17. The summed E-state index contributed by atoms with van der Waals surface area (Å²) in [7, 11) is 0. The lowest BCUT2D eigenvalue weighted by Crippen LogP contribution is -2.45. The summed E-state index contributed by atoms with van der Waals surface area (Å²) in [6, 6.07) is 9.74. The summed E-state index contributed by atoms with van der Waals surface area (Å²) in [5.74, 6) is 0.764. The zero-order valence-electron chi connectivity index (χ0n) is 10.3. The van der Waals surface area contributed by atoms with Crippen molar-refractivity contribution < 1.29 is 9.47 Å². The Hall–Kier alpha value is -1.61. The molecule has 0 atom stereocenters. The van der Waals surface area contributed by atoms with Crippen molar-refractivity contribution >= 4 is 0 Å². The van der Waals surface area contributed by atoms with Crippen molar-refractivity contribution in [3.05, 3.63) is 29.8 Å². The average molecular weight is 247 g/mol. The van der Waals surface area contributed by atoms with Crippen LogP contribution in [0.1, 0.15) is 5.56 Å². The number of ether oxygens (including phenoxy) is 2. The average Bonchev–Trinajstić information content (AvgIpc) is 2.45. The van der Waals surface area contributed by atoms with Crippen LogP contribution in [-0.4, -0.2) is 37.9 Å². The Balaban J connectivity index is 1.89. The van der Waals surface area contributed by atoms with E-state index in [1.54, 1.807) is 0 Å². The highest BCUT2D eigenvalue weighted by Gasteiger charge is 2.10. The largest absolute Gasteiger partial charge is 0.478 e. The number of nitrogens with one attached hydrogen (secondary N) is 1. The normalized spacial score (nSPS) is 16.2. The molecule has 1 aliphatic heterocycles. The number of hydrazine groups is 1. The van der Waals surface area contributed by atoms with Gasteiger partial charge in [0.1, 0.15) is 11.8 Å². The van der Waals surface area contributed by atoms with Gasteiger partial charge in [0.15, 0.2) is 6.61 Å². The molecule has 0 saturated carbocycles. The fraction of sp³-hybridized carbons (Fsp3) is 0.462. The molecule has 5 heteroatoms. The lowest BCUT2D eigenvalue weighted by molar-refractivity contribution is 0.0104. The number of nitrogens with zero attached hydrogens (tertiary/aromatic N) is 2. The first kappa shape index (κ1) is 12.8. The smallest absolute Gasteiger partial charge is 0.174 e. The zero-order chi connectivity index (χ0) is 12.6. The third-order valence-corrected chi connectivity index (χ3v) is 2.77. The molecular weight excluding hydrogens is 230 g/mol. The van der Waals surface area contributed by atoms with Crippen molar-refractivity contribution in [1.29, 1.82) is 5.26 Å². The molecule has 1 aliphatic rings. The molecule has 0 radical (unpaired) electrons. The fourth-order valence-electron chi connectivity index (χ4n) is 1.82. The van der Waals surface area contributed by atoms with Gasteiger partial charge in [0.2, 0.25) is 0 Å². The van der Waals surface area contributed by atoms with Crippen molar-refractivity contribution in [2.75, 3.05) is 32.9 Å². The molecule has 96 valence electrons. The van der Waals surface area contributed by atoms with Crippen molar-refractivity contribution in [3.8, 4) is 11.8 Å². The summed E-state index contributed by atoms with van der Waals surface area (Å²) in [5.41, 5.74) is 4.40. The second-order valence-corrected chi connectivity index (χ2v) is 3.99. The van der Waals surface area contributed by atoms with Crippen molar-refractivity contribution in [2.45, 2.75) is 6.54 Å². The van der Waals surface area contributed by atoms with Gasteiger partial charge in [0, 0.05) is 25.2 Å². The quantitative estimate of drug-likeness (QED) is 0.838. The number of benzene rings is 1. The van der Waals surface area contributed by atoms with Gasteiger partial charge in [-0.05, 0) is 6.07 Å². The van der Waals surface area contributed by atoms with E-state index in [0.717, 1.165) is 37.6 Å². The zero-order valence-corrected chi connectivity index (χ0v) is 10.3. The minimum Gasteiger partial charge on any atom is -0.478 e. The van der Waals surface area contributed by atoms with Crippen LogP contribution in [0.15, 0.2) is 24.3 Å². The predicted octanol–water partition coefficient (Wildman–Crippen LogP) is 0.926. The van der Waals surface area contributed by atoms with Crippen molar-refractivity contribution in [3.63, 3.8) is 0 Å². The Bertz CT molecular complexity index is 411. The topological polar surface area (TPSA) is 57.5 Å². The SMILES string of the molecule is N#CCOc1ccccc1CNN1CCOCC1. The molecule has 18 heavy (non-hydrogen) atoms. The predicted molar refractivity (Wildman–Crippen MR) is 66.8 cm³/mol. The number of para-hydroxylation sites is 1. The van der Waals surface area contributed by atoms with Crippen LogP contribution in [-0.2, 0) is 11.3 Å². The molecule has 5 nitrogen and oxygen atoms in total. The second kappa shape index (κ2) is 6.97. The van der Waals surface area contributed by atoms with Crippen LogP contribution in [0.25, 0.3) is 0 Å². The van der Waals surface area contributed by atoms with E-state index >= 15 is 0 Å². The van der Waals surface area contributed by atoms with Crippen LogP contribution in [0.3, 0.4) is 0 Å². The van der Waals surface area contributed by atoms with Crippen LogP contribution >= 0.6 is 0 Å². The standard InChI is InChI=1S/C13H17N3O2/c14-5-8-18-13-4-2-1-3-12(13)11-15-16-6-9-17-10-7-16/h1-4,15H,6-11H2. The summed E-state index contributed by atoms with van der Waals surface area (Å²) in [4.78, 5) is 0. The van der Waals surface area contributed by atoms with Crippen LogP contribution in [0.4, 0.5) is 0 Å². The molecule has 0 aromatic heterocycles. The maximum atomic E-state index is 8.54. The number of nitriles is 1. The van der Waals surface area contributed by atoms with E-state index in [9.17, 15) is 0 Å². The minimum absolute atomic E-state index is 0.0779. The lowest BCUT2D eigenvalue weighted by atomic mass is 10.2. The summed E-state index contributed by atoms with van der Waals surface area (Å²) >= 11 is 0. The van der Waals surface area contributed by atoms with Crippen molar-refractivity contribution in [2.24, 2.45) is 0 Å². The molecule has 1 heterocycles. The molecule has 2 rings (SSSR count). The molecule has 0 amide bonds. The molecule has 1 aromatic rings. The maximum absolute atomic E-state index is 8.54. The summed E-state index contributed by atoms with van der Waals surface area (Å²) in [6.45, 7) is 4.08. The monoisotopic (exact) mass is 247 g/mol. The lowest BCUT2D eigenvalue weighted by Gasteiger charge is -2.27. The van der Waals surface area contributed by atoms with E-state index in [4.69, 9.17) is 14.7 Å². The van der Waals surface area contributed by atoms with Crippen LogP contribution in [0.2, 0.25) is 0 Å². The molecular formula is C13H17N3O2. The second-order valence-electron chi connectivity index (χ2n) is 3.99. The first-order chi connectivity index (χ1) is 8.90. The first-order valence-corrected chi connectivity index (χ1v) is 6.04.